The highest BCUT2D eigenvalue weighted by molar-refractivity contribution is 8.19. The maximum Gasteiger partial charge on any atom is 0.285 e. The monoisotopic (exact) mass is 269 g/mol. The average Bonchev–Trinajstić information content (AvgIpc) is 2.98. The van der Waals surface area contributed by atoms with Crippen molar-refractivity contribution >= 4 is 28.8 Å². The Bertz CT molecular complexity index is 683. The fourth-order valence-electron chi connectivity index (χ4n) is 1.77. The van der Waals surface area contributed by atoms with Gasteiger partial charge in [0.25, 0.3) is 5.91 Å². The molecule has 0 fully saturated rings. The Hall–Kier alpha value is -2.07. The summed E-state index contributed by atoms with van der Waals surface area (Å²) in [7, 11) is 0. The van der Waals surface area contributed by atoms with Gasteiger partial charge in [0.05, 0.1) is 4.91 Å². The third-order valence-corrected chi connectivity index (χ3v) is 3.71. The van der Waals surface area contributed by atoms with Crippen LogP contribution < -0.4 is 0 Å². The Morgan fingerprint density at radius 1 is 1.16 bits per heavy atom. The van der Waals surface area contributed by atoms with Crippen LogP contribution in [0.25, 0.3) is 6.08 Å². The molecule has 1 amide bonds. The fraction of sp³-hybridized carbons (Fsp3) is 0.0667. The minimum absolute atomic E-state index is 0.210. The van der Waals surface area contributed by atoms with Crippen LogP contribution in [0.2, 0.25) is 0 Å². The molecule has 1 aliphatic heterocycles. The molecule has 2 aromatic rings. The van der Waals surface area contributed by atoms with Crippen LogP contribution in [-0.2, 0) is 4.79 Å². The van der Waals surface area contributed by atoms with E-state index in [1.54, 1.807) is 6.08 Å². The lowest BCUT2D eigenvalue weighted by molar-refractivity contribution is -0.113. The second kappa shape index (κ2) is 4.90. The van der Waals surface area contributed by atoms with E-state index in [0.29, 0.717) is 10.7 Å². The number of carbonyl (C=O) groups is 1. The van der Waals surface area contributed by atoms with E-state index >= 15 is 0 Å². The molecule has 3 nitrogen and oxygen atoms in total. The van der Waals surface area contributed by atoms with Gasteiger partial charge in [-0.2, -0.15) is 0 Å². The molecule has 0 spiro atoms. The van der Waals surface area contributed by atoms with E-state index in [1.807, 2.05) is 49.4 Å². The molecule has 0 N–H and O–H groups in total. The van der Waals surface area contributed by atoms with E-state index in [0.717, 1.165) is 16.4 Å². The predicted molar refractivity (Wildman–Crippen MR) is 77.0 cm³/mol. The minimum atomic E-state index is -0.210. The summed E-state index contributed by atoms with van der Waals surface area (Å²) in [5, 5.41) is 0.736. The molecule has 1 aromatic carbocycles. The van der Waals surface area contributed by atoms with Crippen LogP contribution in [0.4, 0.5) is 0 Å². The van der Waals surface area contributed by atoms with Gasteiger partial charge in [-0.1, -0.05) is 42.1 Å². The highest BCUT2D eigenvalue weighted by Gasteiger charge is 2.23. The van der Waals surface area contributed by atoms with Gasteiger partial charge in [0, 0.05) is 11.6 Å². The number of furan rings is 1. The number of rotatable bonds is 2. The lowest BCUT2D eigenvalue weighted by Crippen LogP contribution is -1.89. The molecular formula is C15H11NO2S. The summed E-state index contributed by atoms with van der Waals surface area (Å²) in [6.45, 7) is 1.87. The highest BCUT2D eigenvalue weighted by atomic mass is 32.2. The van der Waals surface area contributed by atoms with E-state index in [2.05, 4.69) is 4.99 Å². The van der Waals surface area contributed by atoms with E-state index in [4.69, 9.17) is 4.42 Å². The zero-order valence-electron chi connectivity index (χ0n) is 10.3. The zero-order chi connectivity index (χ0) is 13.2. The molecule has 2 heterocycles. The standard InChI is InChI=1S/C15H11NO2S/c1-10-7-8-12(18-10)9-13-14(17)16-15(19-13)11-5-3-2-4-6-11/h2-9H,1H3/b13-9-. The number of hydrogen-bond donors (Lipinski definition) is 0. The SMILES string of the molecule is Cc1ccc(/C=C2\SC(c3ccccc3)=NC2=O)o1. The van der Waals surface area contributed by atoms with Crippen molar-refractivity contribution in [2.75, 3.05) is 0 Å². The summed E-state index contributed by atoms with van der Waals surface area (Å²) in [5.74, 6) is 1.29. The Kier molecular flexibility index (Phi) is 3.09. The minimum Gasteiger partial charge on any atom is -0.462 e. The van der Waals surface area contributed by atoms with E-state index < -0.39 is 0 Å². The van der Waals surface area contributed by atoms with E-state index in [-0.39, 0.29) is 5.91 Å². The maximum atomic E-state index is 11.9. The summed E-state index contributed by atoms with van der Waals surface area (Å²) < 4.78 is 5.44. The lowest BCUT2D eigenvalue weighted by atomic mass is 10.2. The van der Waals surface area contributed by atoms with Gasteiger partial charge in [-0.25, -0.2) is 4.99 Å². The number of amides is 1. The molecule has 19 heavy (non-hydrogen) atoms. The average molecular weight is 269 g/mol. The number of benzene rings is 1. The normalized spacial score (nSPS) is 17.0. The van der Waals surface area contributed by atoms with E-state index in [9.17, 15) is 4.79 Å². The number of nitrogens with zero attached hydrogens (tertiary/aromatic N) is 1. The number of thioether (sulfide) groups is 1. The topological polar surface area (TPSA) is 42.6 Å². The molecule has 4 heteroatoms. The van der Waals surface area contributed by atoms with Crippen molar-refractivity contribution in [1.82, 2.24) is 0 Å². The molecule has 1 aromatic heterocycles. The Balaban J connectivity index is 1.86. The molecule has 1 aliphatic rings. The number of aryl methyl sites for hydroxylation is 1. The van der Waals surface area contributed by atoms with Gasteiger partial charge in [-0.3, -0.25) is 4.79 Å². The summed E-state index contributed by atoms with van der Waals surface area (Å²) in [5.41, 5.74) is 0.958. The molecule has 0 saturated carbocycles. The quantitative estimate of drug-likeness (QED) is 0.781. The first kappa shape index (κ1) is 12.0. The van der Waals surface area contributed by atoms with Crippen LogP contribution in [-0.4, -0.2) is 11.0 Å². The van der Waals surface area contributed by atoms with Gasteiger partial charge >= 0.3 is 0 Å². The van der Waals surface area contributed by atoms with Crippen molar-refractivity contribution in [3.05, 3.63) is 64.5 Å². The molecule has 3 rings (SSSR count). The van der Waals surface area contributed by atoms with Gasteiger partial charge in [-0.15, -0.1) is 0 Å². The van der Waals surface area contributed by atoms with Crippen LogP contribution in [0.1, 0.15) is 17.1 Å². The Morgan fingerprint density at radius 2 is 1.95 bits per heavy atom. The van der Waals surface area contributed by atoms with Gasteiger partial charge in [0.1, 0.15) is 16.6 Å². The second-order valence-electron chi connectivity index (χ2n) is 4.15. The van der Waals surface area contributed by atoms with Crippen LogP contribution in [0.15, 0.2) is 56.8 Å². The molecular weight excluding hydrogens is 258 g/mol. The fourth-order valence-corrected chi connectivity index (χ4v) is 2.67. The predicted octanol–water partition coefficient (Wildman–Crippen LogP) is 3.65. The first-order valence-electron chi connectivity index (χ1n) is 5.87. The summed E-state index contributed by atoms with van der Waals surface area (Å²) >= 11 is 1.38. The van der Waals surface area contributed by atoms with Gasteiger partial charge in [0.2, 0.25) is 0 Å². The number of aliphatic imine (C=N–C) groups is 1. The van der Waals surface area contributed by atoms with Crippen molar-refractivity contribution in [3.8, 4) is 0 Å². The summed E-state index contributed by atoms with van der Waals surface area (Å²) in [4.78, 5) is 16.5. The molecule has 0 aliphatic carbocycles. The van der Waals surface area contributed by atoms with Crippen molar-refractivity contribution in [2.45, 2.75) is 6.92 Å². The van der Waals surface area contributed by atoms with E-state index in [1.165, 1.54) is 11.8 Å². The molecule has 0 atom stereocenters. The number of hydrogen-bond acceptors (Lipinski definition) is 3. The third kappa shape index (κ3) is 2.53. The van der Waals surface area contributed by atoms with Gasteiger partial charge in [-0.05, 0) is 19.1 Å². The van der Waals surface area contributed by atoms with Crippen LogP contribution >= 0.6 is 11.8 Å². The molecule has 0 bridgehead atoms. The Morgan fingerprint density at radius 3 is 2.63 bits per heavy atom. The first-order valence-corrected chi connectivity index (χ1v) is 6.68. The van der Waals surface area contributed by atoms with Crippen LogP contribution in [0, 0.1) is 6.92 Å². The van der Waals surface area contributed by atoms with Crippen molar-refractivity contribution < 1.29 is 9.21 Å². The zero-order valence-corrected chi connectivity index (χ0v) is 11.1. The van der Waals surface area contributed by atoms with Gasteiger partial charge < -0.3 is 4.42 Å². The van der Waals surface area contributed by atoms with Crippen molar-refractivity contribution in [2.24, 2.45) is 4.99 Å². The first-order chi connectivity index (χ1) is 9.22. The van der Waals surface area contributed by atoms with Crippen molar-refractivity contribution in [1.29, 1.82) is 0 Å². The molecule has 94 valence electrons. The summed E-state index contributed by atoms with van der Waals surface area (Å²) in [6.07, 6.45) is 1.74. The van der Waals surface area contributed by atoms with Crippen LogP contribution in [0.5, 0.6) is 0 Å². The molecule has 0 radical (unpaired) electrons. The second-order valence-corrected chi connectivity index (χ2v) is 5.18. The maximum absolute atomic E-state index is 11.9. The third-order valence-electron chi connectivity index (χ3n) is 2.68. The largest absolute Gasteiger partial charge is 0.462 e. The molecule has 0 saturated heterocycles. The highest BCUT2D eigenvalue weighted by Crippen LogP contribution is 2.31. The van der Waals surface area contributed by atoms with Gasteiger partial charge in [0.15, 0.2) is 0 Å². The van der Waals surface area contributed by atoms with Crippen molar-refractivity contribution in [3.63, 3.8) is 0 Å². The molecule has 0 unspecified atom stereocenters. The Labute approximate surface area is 115 Å². The lowest BCUT2D eigenvalue weighted by Gasteiger charge is -1.97. The van der Waals surface area contributed by atoms with Crippen LogP contribution in [0.3, 0.4) is 0 Å². The summed E-state index contributed by atoms with van der Waals surface area (Å²) in [6, 6.07) is 13.4. The number of carbonyl (C=O) groups excluding carboxylic acids is 1. The smallest absolute Gasteiger partial charge is 0.285 e.